The normalized spacial score (nSPS) is 12.0. The predicted octanol–water partition coefficient (Wildman–Crippen LogP) is 4.05. The van der Waals surface area contributed by atoms with Crippen molar-refractivity contribution in [3.8, 4) is 0 Å². The second kappa shape index (κ2) is 13.1. The number of aliphatic imine (C=N–C) groups is 1. The lowest BCUT2D eigenvalue weighted by atomic mass is 10.1. The SMILES string of the molecule is CN=C(NCCCOC(C)c1ccccc1)NCc1ccccc1[N+](=O)[O-].I. The molecule has 0 aliphatic carbocycles. The van der Waals surface area contributed by atoms with E-state index in [0.717, 1.165) is 12.0 Å². The van der Waals surface area contributed by atoms with E-state index in [1.54, 1.807) is 25.2 Å². The van der Waals surface area contributed by atoms with Gasteiger partial charge < -0.3 is 15.4 Å². The first-order valence-electron chi connectivity index (χ1n) is 8.95. The standard InChI is InChI=1S/C20H26N4O3.HI/c1-16(17-9-4-3-5-10-17)27-14-8-13-22-20(21-2)23-15-18-11-6-7-12-19(18)24(25)26;/h3-7,9-12,16H,8,13-15H2,1-2H3,(H2,21,22,23);1H. The lowest BCUT2D eigenvalue weighted by Crippen LogP contribution is -2.37. The number of nitro groups is 1. The van der Waals surface area contributed by atoms with Crippen molar-refractivity contribution in [1.29, 1.82) is 0 Å². The number of nitrogens with one attached hydrogen (secondary N) is 2. The molecule has 2 N–H and O–H groups in total. The molecule has 0 aromatic heterocycles. The fourth-order valence-corrected chi connectivity index (χ4v) is 2.60. The van der Waals surface area contributed by atoms with Crippen molar-refractivity contribution in [3.63, 3.8) is 0 Å². The Morgan fingerprint density at radius 1 is 1.14 bits per heavy atom. The van der Waals surface area contributed by atoms with Gasteiger partial charge in [-0.3, -0.25) is 15.1 Å². The lowest BCUT2D eigenvalue weighted by molar-refractivity contribution is -0.385. The van der Waals surface area contributed by atoms with Crippen molar-refractivity contribution in [1.82, 2.24) is 10.6 Å². The third-order valence-electron chi connectivity index (χ3n) is 4.11. The summed E-state index contributed by atoms with van der Waals surface area (Å²) in [7, 11) is 1.67. The fourth-order valence-electron chi connectivity index (χ4n) is 2.60. The largest absolute Gasteiger partial charge is 0.374 e. The van der Waals surface area contributed by atoms with Gasteiger partial charge in [-0.1, -0.05) is 48.5 Å². The maximum absolute atomic E-state index is 11.1. The molecule has 7 nitrogen and oxygen atoms in total. The average Bonchev–Trinajstić information content (AvgIpc) is 2.70. The van der Waals surface area contributed by atoms with Crippen molar-refractivity contribution in [2.75, 3.05) is 20.2 Å². The smallest absolute Gasteiger partial charge is 0.274 e. The molecule has 8 heteroatoms. The Morgan fingerprint density at radius 2 is 1.82 bits per heavy atom. The molecule has 2 rings (SSSR count). The molecule has 152 valence electrons. The van der Waals surface area contributed by atoms with Crippen molar-refractivity contribution < 1.29 is 9.66 Å². The monoisotopic (exact) mass is 498 g/mol. The first-order valence-corrected chi connectivity index (χ1v) is 8.95. The number of ether oxygens (including phenoxy) is 1. The van der Waals surface area contributed by atoms with Gasteiger partial charge in [0.15, 0.2) is 5.96 Å². The van der Waals surface area contributed by atoms with E-state index in [2.05, 4.69) is 27.8 Å². The number of para-hydroxylation sites is 1. The van der Waals surface area contributed by atoms with Gasteiger partial charge >= 0.3 is 0 Å². The van der Waals surface area contributed by atoms with Crippen LogP contribution >= 0.6 is 24.0 Å². The minimum atomic E-state index is -0.377. The minimum Gasteiger partial charge on any atom is -0.374 e. The van der Waals surface area contributed by atoms with E-state index in [0.29, 0.717) is 31.2 Å². The van der Waals surface area contributed by atoms with Crippen LogP contribution in [0.3, 0.4) is 0 Å². The van der Waals surface area contributed by atoms with Crippen LogP contribution in [0.25, 0.3) is 0 Å². The molecule has 0 saturated heterocycles. The molecule has 2 aromatic carbocycles. The third-order valence-corrected chi connectivity index (χ3v) is 4.11. The number of benzene rings is 2. The van der Waals surface area contributed by atoms with Crippen LogP contribution in [0, 0.1) is 10.1 Å². The topological polar surface area (TPSA) is 88.8 Å². The van der Waals surface area contributed by atoms with E-state index >= 15 is 0 Å². The molecule has 0 fully saturated rings. The molecule has 0 spiro atoms. The Hall–Kier alpha value is -2.20. The number of guanidine groups is 1. The summed E-state index contributed by atoms with van der Waals surface area (Å²) in [5.74, 6) is 0.601. The molecule has 28 heavy (non-hydrogen) atoms. The Labute approximate surface area is 182 Å². The zero-order valence-corrected chi connectivity index (χ0v) is 18.5. The molecule has 0 radical (unpaired) electrons. The van der Waals surface area contributed by atoms with Crippen LogP contribution in [-0.2, 0) is 11.3 Å². The molecule has 0 aliphatic rings. The van der Waals surface area contributed by atoms with Crippen LogP contribution in [-0.4, -0.2) is 31.1 Å². The van der Waals surface area contributed by atoms with Gasteiger partial charge in [-0.2, -0.15) is 0 Å². The highest BCUT2D eigenvalue weighted by Crippen LogP contribution is 2.17. The van der Waals surface area contributed by atoms with Crippen LogP contribution in [0.15, 0.2) is 59.6 Å². The number of nitrogens with zero attached hydrogens (tertiary/aromatic N) is 2. The van der Waals surface area contributed by atoms with Crippen molar-refractivity contribution in [2.45, 2.75) is 26.0 Å². The highest BCUT2D eigenvalue weighted by Gasteiger charge is 2.12. The number of halogens is 1. The summed E-state index contributed by atoms with van der Waals surface area (Å²) >= 11 is 0. The lowest BCUT2D eigenvalue weighted by Gasteiger charge is -2.15. The number of hydrogen-bond donors (Lipinski definition) is 2. The fraction of sp³-hybridized carbons (Fsp3) is 0.350. The van der Waals surface area contributed by atoms with Crippen LogP contribution in [0.2, 0.25) is 0 Å². The predicted molar refractivity (Wildman–Crippen MR) is 122 cm³/mol. The van der Waals surface area contributed by atoms with Gasteiger partial charge in [0.2, 0.25) is 0 Å². The van der Waals surface area contributed by atoms with E-state index in [1.165, 1.54) is 6.07 Å². The number of hydrogen-bond acceptors (Lipinski definition) is 4. The van der Waals surface area contributed by atoms with Crippen molar-refractivity contribution in [2.24, 2.45) is 4.99 Å². The van der Waals surface area contributed by atoms with Gasteiger partial charge in [-0.15, -0.1) is 24.0 Å². The second-order valence-corrected chi connectivity index (χ2v) is 6.02. The molecule has 2 aromatic rings. The van der Waals surface area contributed by atoms with Gasteiger partial charge in [0.05, 0.1) is 11.0 Å². The molecule has 0 saturated carbocycles. The van der Waals surface area contributed by atoms with E-state index in [9.17, 15) is 10.1 Å². The summed E-state index contributed by atoms with van der Waals surface area (Å²) in [6.07, 6.45) is 0.880. The maximum Gasteiger partial charge on any atom is 0.274 e. The summed E-state index contributed by atoms with van der Waals surface area (Å²) in [5.41, 5.74) is 1.88. The Bertz CT molecular complexity index is 756. The van der Waals surface area contributed by atoms with Gasteiger partial charge in [-0.25, -0.2) is 0 Å². The van der Waals surface area contributed by atoms with Crippen LogP contribution in [0.4, 0.5) is 5.69 Å². The van der Waals surface area contributed by atoms with Gasteiger partial charge in [0, 0.05) is 38.4 Å². The number of nitro benzene ring substituents is 1. The second-order valence-electron chi connectivity index (χ2n) is 6.02. The highest BCUT2D eigenvalue weighted by atomic mass is 127. The van der Waals surface area contributed by atoms with E-state index < -0.39 is 0 Å². The Morgan fingerprint density at radius 3 is 2.50 bits per heavy atom. The summed E-state index contributed by atoms with van der Waals surface area (Å²) in [5, 5.41) is 17.3. The number of rotatable bonds is 9. The Kier molecular flexibility index (Phi) is 11.1. The summed E-state index contributed by atoms with van der Waals surface area (Å²) in [6, 6.07) is 16.8. The zero-order valence-electron chi connectivity index (χ0n) is 16.1. The molecule has 1 unspecified atom stereocenters. The third kappa shape index (κ3) is 7.81. The average molecular weight is 498 g/mol. The van der Waals surface area contributed by atoms with Crippen molar-refractivity contribution in [3.05, 3.63) is 75.8 Å². The maximum atomic E-state index is 11.1. The van der Waals surface area contributed by atoms with Gasteiger partial charge in [-0.05, 0) is 18.9 Å². The van der Waals surface area contributed by atoms with Crippen LogP contribution < -0.4 is 10.6 Å². The quantitative estimate of drug-likeness (QED) is 0.136. The van der Waals surface area contributed by atoms with Gasteiger partial charge in [0.25, 0.3) is 5.69 Å². The van der Waals surface area contributed by atoms with Crippen LogP contribution in [0.5, 0.6) is 0 Å². The molecule has 0 bridgehead atoms. The molecule has 0 heterocycles. The summed E-state index contributed by atoms with van der Waals surface area (Å²) < 4.78 is 5.84. The first-order chi connectivity index (χ1) is 13.1. The molecule has 1 atom stereocenters. The molecular weight excluding hydrogens is 471 g/mol. The summed E-state index contributed by atoms with van der Waals surface area (Å²) in [6.45, 7) is 3.69. The highest BCUT2D eigenvalue weighted by molar-refractivity contribution is 14.0. The zero-order chi connectivity index (χ0) is 19.5. The minimum absolute atomic E-state index is 0. The molecule has 0 amide bonds. The van der Waals surface area contributed by atoms with Crippen LogP contribution in [0.1, 0.15) is 30.6 Å². The van der Waals surface area contributed by atoms with E-state index in [-0.39, 0.29) is 40.7 Å². The molecular formula is C20H27IN4O3. The van der Waals surface area contributed by atoms with E-state index in [1.807, 2.05) is 25.1 Å². The van der Waals surface area contributed by atoms with Crippen molar-refractivity contribution >= 4 is 35.6 Å². The Balaban J connectivity index is 0.00000392. The van der Waals surface area contributed by atoms with E-state index in [4.69, 9.17) is 4.74 Å². The summed E-state index contributed by atoms with van der Waals surface area (Å²) in [4.78, 5) is 14.8. The first kappa shape index (κ1) is 23.8. The molecule has 0 aliphatic heterocycles. The van der Waals surface area contributed by atoms with Gasteiger partial charge in [0.1, 0.15) is 0 Å².